The molecule has 1 saturated carbocycles. The van der Waals surface area contributed by atoms with Crippen LogP contribution in [0.25, 0.3) is 0 Å². The summed E-state index contributed by atoms with van der Waals surface area (Å²) in [5.74, 6) is 0.306. The molecule has 5 unspecified atom stereocenters. The molecule has 2 aliphatic carbocycles. The van der Waals surface area contributed by atoms with Crippen molar-refractivity contribution in [3.63, 3.8) is 0 Å². The third kappa shape index (κ3) is 1.49. The van der Waals surface area contributed by atoms with Gasteiger partial charge in [0.15, 0.2) is 0 Å². The van der Waals surface area contributed by atoms with Crippen molar-refractivity contribution in [3.05, 3.63) is 40.4 Å². The van der Waals surface area contributed by atoms with E-state index in [0.717, 1.165) is 6.42 Å². The van der Waals surface area contributed by atoms with E-state index in [1.807, 2.05) is 0 Å². The van der Waals surface area contributed by atoms with Crippen molar-refractivity contribution < 1.29 is 9.90 Å². The van der Waals surface area contributed by atoms with Crippen LogP contribution < -0.4 is 4.90 Å². The maximum absolute atomic E-state index is 12.7. The van der Waals surface area contributed by atoms with Gasteiger partial charge in [-0.3, -0.25) is 9.69 Å². The van der Waals surface area contributed by atoms with Gasteiger partial charge in [0.1, 0.15) is 6.23 Å². The minimum absolute atomic E-state index is 0.0372. The topological polar surface area (TPSA) is 40.5 Å². The number of para-hydroxylation sites is 1. The van der Waals surface area contributed by atoms with Gasteiger partial charge in [-0.1, -0.05) is 41.4 Å². The fraction of sp³-hybridized carbons (Fsp3) is 0.400. The zero-order chi connectivity index (χ0) is 14.0. The first-order valence-corrected chi connectivity index (χ1v) is 7.48. The highest BCUT2D eigenvalue weighted by molar-refractivity contribution is 6.40. The molecule has 1 heterocycles. The van der Waals surface area contributed by atoms with E-state index in [1.165, 1.54) is 4.90 Å². The maximum atomic E-state index is 12.7. The summed E-state index contributed by atoms with van der Waals surface area (Å²) in [4.78, 5) is 14.1. The lowest BCUT2D eigenvalue weighted by atomic mass is 9.85. The highest BCUT2D eigenvalue weighted by atomic mass is 35.5. The summed E-state index contributed by atoms with van der Waals surface area (Å²) in [5, 5.41) is 11.4. The Hall–Kier alpha value is -1.03. The second-order valence-electron chi connectivity index (χ2n) is 5.74. The third-order valence-electron chi connectivity index (χ3n) is 4.83. The molecule has 0 aromatic heterocycles. The lowest BCUT2D eigenvalue weighted by Gasteiger charge is -2.26. The number of benzene rings is 1. The first kappa shape index (κ1) is 12.7. The third-order valence-corrected chi connectivity index (χ3v) is 5.44. The van der Waals surface area contributed by atoms with Crippen molar-refractivity contribution in [2.24, 2.45) is 23.7 Å². The van der Waals surface area contributed by atoms with Crippen LogP contribution in [0.4, 0.5) is 5.69 Å². The average molecular weight is 310 g/mol. The molecule has 3 aliphatic rings. The predicted molar refractivity (Wildman–Crippen MR) is 77.7 cm³/mol. The monoisotopic (exact) mass is 309 g/mol. The SMILES string of the molecule is O=C1C2C3C=CC(C3)C2C(O)N1c1c(Cl)cccc1Cl. The van der Waals surface area contributed by atoms with E-state index in [9.17, 15) is 9.90 Å². The number of carbonyl (C=O) groups excluding carboxylic acids is 1. The number of aliphatic hydroxyl groups is 1. The van der Waals surface area contributed by atoms with Crippen molar-refractivity contribution in [3.8, 4) is 0 Å². The summed E-state index contributed by atoms with van der Waals surface area (Å²) >= 11 is 12.4. The van der Waals surface area contributed by atoms with Crippen molar-refractivity contribution in [2.45, 2.75) is 12.6 Å². The number of hydrogen-bond acceptors (Lipinski definition) is 2. The molecule has 4 rings (SSSR count). The normalized spacial score (nSPS) is 37.9. The number of carbonyl (C=O) groups is 1. The molecule has 0 radical (unpaired) electrons. The van der Waals surface area contributed by atoms with E-state index in [0.29, 0.717) is 15.7 Å². The number of rotatable bonds is 1. The summed E-state index contributed by atoms with van der Waals surface area (Å²) in [6.45, 7) is 0. The molecule has 2 bridgehead atoms. The average Bonchev–Trinajstić information content (AvgIpc) is 3.07. The molecule has 1 amide bonds. The predicted octanol–water partition coefficient (Wildman–Crippen LogP) is 3.10. The Kier molecular flexibility index (Phi) is 2.69. The van der Waals surface area contributed by atoms with Gasteiger partial charge in [-0.05, 0) is 30.4 Å². The summed E-state index contributed by atoms with van der Waals surface area (Å²) in [7, 11) is 0. The van der Waals surface area contributed by atoms with Crippen LogP contribution in [-0.4, -0.2) is 17.2 Å². The number of aliphatic hydroxyl groups excluding tert-OH is 1. The molecule has 1 aromatic rings. The molecule has 104 valence electrons. The summed E-state index contributed by atoms with van der Waals surface area (Å²) < 4.78 is 0. The Morgan fingerprint density at radius 2 is 1.80 bits per heavy atom. The second kappa shape index (κ2) is 4.23. The van der Waals surface area contributed by atoms with E-state index in [-0.39, 0.29) is 29.6 Å². The zero-order valence-corrected chi connectivity index (χ0v) is 12.1. The van der Waals surface area contributed by atoms with Gasteiger partial charge in [0, 0.05) is 5.92 Å². The number of hydrogen-bond donors (Lipinski definition) is 1. The first-order chi connectivity index (χ1) is 9.59. The van der Waals surface area contributed by atoms with Gasteiger partial charge in [0.25, 0.3) is 0 Å². The fourth-order valence-electron chi connectivity index (χ4n) is 4.04. The summed E-state index contributed by atoms with van der Waals surface area (Å²) in [5.41, 5.74) is 0.433. The van der Waals surface area contributed by atoms with Crippen molar-refractivity contribution in [1.82, 2.24) is 0 Å². The molecule has 3 nitrogen and oxygen atoms in total. The van der Waals surface area contributed by atoms with Crippen molar-refractivity contribution in [1.29, 1.82) is 0 Å². The maximum Gasteiger partial charge on any atom is 0.233 e. The standard InChI is InChI=1S/C15H13Cl2NO2/c16-9-2-1-3-10(17)13(9)18-14(19)11-7-4-5-8(6-7)12(11)15(18)20/h1-5,7-8,11-12,14,19H,6H2. The van der Waals surface area contributed by atoms with Crippen LogP contribution in [0, 0.1) is 23.7 Å². The van der Waals surface area contributed by atoms with Crippen LogP contribution in [0.3, 0.4) is 0 Å². The lowest BCUT2D eigenvalue weighted by molar-refractivity contribution is -0.121. The Bertz CT molecular complexity index is 610. The zero-order valence-electron chi connectivity index (χ0n) is 10.5. The number of amides is 1. The smallest absolute Gasteiger partial charge is 0.233 e. The highest BCUT2D eigenvalue weighted by Gasteiger charge is 2.59. The quantitative estimate of drug-likeness (QED) is 0.810. The van der Waals surface area contributed by atoms with E-state index >= 15 is 0 Å². The van der Waals surface area contributed by atoms with E-state index in [4.69, 9.17) is 23.2 Å². The Labute approximate surface area is 126 Å². The molecule has 5 atom stereocenters. The van der Waals surface area contributed by atoms with E-state index in [2.05, 4.69) is 12.2 Å². The Balaban J connectivity index is 1.80. The van der Waals surface area contributed by atoms with Gasteiger partial charge < -0.3 is 5.11 Å². The minimum atomic E-state index is -0.843. The molecular weight excluding hydrogens is 297 g/mol. The number of halogens is 2. The molecule has 0 spiro atoms. The minimum Gasteiger partial charge on any atom is -0.373 e. The number of nitrogens with zero attached hydrogens (tertiary/aromatic N) is 1. The van der Waals surface area contributed by atoms with Gasteiger partial charge in [-0.2, -0.15) is 0 Å². The van der Waals surface area contributed by atoms with Gasteiger partial charge in [-0.25, -0.2) is 0 Å². The van der Waals surface area contributed by atoms with Crippen LogP contribution in [0.2, 0.25) is 10.0 Å². The summed E-state index contributed by atoms with van der Waals surface area (Å²) in [6.07, 6.45) is 4.36. The van der Waals surface area contributed by atoms with Crippen molar-refractivity contribution in [2.75, 3.05) is 4.90 Å². The molecule has 20 heavy (non-hydrogen) atoms. The molecule has 1 saturated heterocycles. The fourth-order valence-corrected chi connectivity index (χ4v) is 4.62. The Morgan fingerprint density at radius 3 is 2.45 bits per heavy atom. The molecule has 1 aromatic carbocycles. The molecule has 2 fully saturated rings. The van der Waals surface area contributed by atoms with Gasteiger partial charge in [-0.15, -0.1) is 0 Å². The number of allylic oxidation sites excluding steroid dienone is 2. The van der Waals surface area contributed by atoms with E-state index < -0.39 is 6.23 Å². The number of fused-ring (bicyclic) bond motifs is 5. The Morgan fingerprint density at radius 1 is 1.15 bits per heavy atom. The highest BCUT2D eigenvalue weighted by Crippen LogP contribution is 2.55. The van der Waals surface area contributed by atoms with Gasteiger partial charge in [0.05, 0.1) is 21.7 Å². The van der Waals surface area contributed by atoms with Crippen LogP contribution >= 0.6 is 23.2 Å². The first-order valence-electron chi connectivity index (χ1n) is 6.73. The van der Waals surface area contributed by atoms with E-state index in [1.54, 1.807) is 18.2 Å². The van der Waals surface area contributed by atoms with Crippen LogP contribution in [0.5, 0.6) is 0 Å². The van der Waals surface area contributed by atoms with Crippen LogP contribution in [-0.2, 0) is 4.79 Å². The lowest BCUT2D eigenvalue weighted by Crippen LogP contribution is -2.37. The molecule has 5 heteroatoms. The number of anilines is 1. The van der Waals surface area contributed by atoms with Gasteiger partial charge >= 0.3 is 0 Å². The van der Waals surface area contributed by atoms with Crippen molar-refractivity contribution >= 4 is 34.8 Å². The largest absolute Gasteiger partial charge is 0.373 e. The van der Waals surface area contributed by atoms with Crippen LogP contribution in [0.15, 0.2) is 30.4 Å². The van der Waals surface area contributed by atoms with Crippen LogP contribution in [0.1, 0.15) is 6.42 Å². The summed E-state index contributed by atoms with van der Waals surface area (Å²) in [6, 6.07) is 5.10. The molecular formula is C15H13Cl2NO2. The molecule has 1 aliphatic heterocycles. The van der Waals surface area contributed by atoms with Gasteiger partial charge in [0.2, 0.25) is 5.91 Å². The molecule has 1 N–H and O–H groups in total. The second-order valence-corrected chi connectivity index (χ2v) is 6.56.